The van der Waals surface area contributed by atoms with E-state index in [1.54, 1.807) is 67.0 Å². The molecule has 1 aromatic heterocycles. The van der Waals surface area contributed by atoms with E-state index in [1.165, 1.54) is 12.1 Å². The molecule has 31 heavy (non-hydrogen) atoms. The first kappa shape index (κ1) is 21.6. The first-order chi connectivity index (χ1) is 14.9. The maximum atomic E-state index is 13.5. The highest BCUT2D eigenvalue weighted by Crippen LogP contribution is 2.30. The Morgan fingerprint density at radius 2 is 1.71 bits per heavy atom. The minimum atomic E-state index is -4.05. The van der Waals surface area contributed by atoms with Gasteiger partial charge in [0, 0.05) is 22.5 Å². The van der Waals surface area contributed by atoms with Crippen molar-refractivity contribution in [2.75, 3.05) is 4.90 Å². The van der Waals surface area contributed by atoms with Crippen LogP contribution in [-0.2, 0) is 26.2 Å². The van der Waals surface area contributed by atoms with Gasteiger partial charge in [0.1, 0.15) is 6.04 Å². The Morgan fingerprint density at radius 3 is 2.35 bits per heavy atom. The van der Waals surface area contributed by atoms with Crippen molar-refractivity contribution in [3.05, 3.63) is 88.3 Å². The van der Waals surface area contributed by atoms with Crippen LogP contribution in [0.3, 0.4) is 0 Å². The topological polar surface area (TPSA) is 87.6 Å². The normalized spacial score (nSPS) is 16.8. The lowest BCUT2D eigenvalue weighted by atomic mass is 10.2. The standard InChI is InChI=1S/C22H18IN3O4S/c23-17-8-10-18(11-9-17)26-21(27)13-20(22(26)28)25(15-16-5-4-12-24-14-16)31(29,30)19-6-2-1-3-7-19/h1-12,14,20H,13,15H2. The van der Waals surface area contributed by atoms with Gasteiger partial charge in [0.2, 0.25) is 15.9 Å². The van der Waals surface area contributed by atoms with Crippen molar-refractivity contribution < 1.29 is 18.0 Å². The molecule has 1 atom stereocenters. The summed E-state index contributed by atoms with van der Waals surface area (Å²) in [6.45, 7) is -0.0741. The fourth-order valence-electron chi connectivity index (χ4n) is 3.46. The molecule has 158 valence electrons. The van der Waals surface area contributed by atoms with Crippen molar-refractivity contribution >= 4 is 50.1 Å². The lowest BCUT2D eigenvalue weighted by molar-refractivity contribution is -0.122. The molecule has 4 rings (SSSR count). The molecule has 1 fully saturated rings. The molecule has 1 aliphatic heterocycles. The number of rotatable bonds is 6. The summed E-state index contributed by atoms with van der Waals surface area (Å²) >= 11 is 2.13. The number of hydrogen-bond acceptors (Lipinski definition) is 5. The van der Waals surface area contributed by atoms with E-state index < -0.39 is 27.9 Å². The summed E-state index contributed by atoms with van der Waals surface area (Å²) in [5.74, 6) is -0.995. The van der Waals surface area contributed by atoms with Crippen molar-refractivity contribution in [3.8, 4) is 0 Å². The fraction of sp³-hybridized carbons (Fsp3) is 0.136. The lowest BCUT2D eigenvalue weighted by Crippen LogP contribution is -2.45. The van der Waals surface area contributed by atoms with Crippen LogP contribution in [0.4, 0.5) is 5.69 Å². The summed E-state index contributed by atoms with van der Waals surface area (Å²) in [5, 5.41) is 0. The van der Waals surface area contributed by atoms with E-state index in [4.69, 9.17) is 0 Å². The maximum Gasteiger partial charge on any atom is 0.252 e. The monoisotopic (exact) mass is 547 g/mol. The second-order valence-electron chi connectivity index (χ2n) is 6.99. The van der Waals surface area contributed by atoms with Crippen LogP contribution in [0.25, 0.3) is 0 Å². The third-order valence-electron chi connectivity index (χ3n) is 4.97. The van der Waals surface area contributed by atoms with Crippen LogP contribution in [0.1, 0.15) is 12.0 Å². The molecule has 9 heteroatoms. The number of aromatic nitrogens is 1. The van der Waals surface area contributed by atoms with Crippen LogP contribution < -0.4 is 4.90 Å². The average molecular weight is 547 g/mol. The highest BCUT2D eigenvalue weighted by molar-refractivity contribution is 14.1. The zero-order valence-corrected chi connectivity index (χ0v) is 19.2. The zero-order chi connectivity index (χ0) is 22.0. The quantitative estimate of drug-likeness (QED) is 0.350. The Morgan fingerprint density at radius 1 is 1.00 bits per heavy atom. The minimum absolute atomic E-state index is 0.0619. The summed E-state index contributed by atoms with van der Waals surface area (Å²) in [6, 6.07) is 17.1. The number of halogens is 1. The largest absolute Gasteiger partial charge is 0.274 e. The van der Waals surface area contributed by atoms with Gasteiger partial charge in [-0.05, 0) is 70.6 Å². The number of carbonyl (C=O) groups is 2. The predicted octanol–water partition coefficient (Wildman–Crippen LogP) is 3.21. The Balaban J connectivity index is 1.74. The molecule has 0 saturated carbocycles. The van der Waals surface area contributed by atoms with E-state index in [1.807, 2.05) is 0 Å². The number of nitrogens with zero attached hydrogens (tertiary/aromatic N) is 3. The fourth-order valence-corrected chi connectivity index (χ4v) is 5.41. The SMILES string of the molecule is O=C1CC(N(Cc2cccnc2)S(=O)(=O)c2ccccc2)C(=O)N1c1ccc(I)cc1. The van der Waals surface area contributed by atoms with Crippen molar-refractivity contribution in [1.29, 1.82) is 0 Å². The summed E-state index contributed by atoms with van der Waals surface area (Å²) in [7, 11) is -4.05. The molecular formula is C22H18IN3O4S. The molecule has 0 spiro atoms. The molecule has 2 heterocycles. The molecule has 0 aliphatic carbocycles. The van der Waals surface area contributed by atoms with E-state index in [9.17, 15) is 18.0 Å². The van der Waals surface area contributed by atoms with Crippen LogP contribution in [0.5, 0.6) is 0 Å². The predicted molar refractivity (Wildman–Crippen MR) is 123 cm³/mol. The third-order valence-corrected chi connectivity index (χ3v) is 7.55. The van der Waals surface area contributed by atoms with Crippen LogP contribution in [0.15, 0.2) is 84.0 Å². The Labute approximate surface area is 193 Å². The molecule has 0 radical (unpaired) electrons. The van der Waals surface area contributed by atoms with Gasteiger partial charge in [-0.3, -0.25) is 14.6 Å². The van der Waals surface area contributed by atoms with Gasteiger partial charge in [0.05, 0.1) is 17.0 Å². The second-order valence-corrected chi connectivity index (χ2v) is 10.1. The number of pyridine rings is 1. The number of benzene rings is 2. The Kier molecular flexibility index (Phi) is 6.17. The minimum Gasteiger partial charge on any atom is -0.274 e. The molecule has 1 aliphatic rings. The smallest absolute Gasteiger partial charge is 0.252 e. The van der Waals surface area contributed by atoms with Gasteiger partial charge in [-0.1, -0.05) is 24.3 Å². The summed E-state index contributed by atoms with van der Waals surface area (Å²) in [5.41, 5.74) is 1.05. The molecule has 2 aromatic carbocycles. The second kappa shape index (κ2) is 8.85. The molecule has 1 saturated heterocycles. The maximum absolute atomic E-state index is 13.5. The van der Waals surface area contributed by atoms with Gasteiger partial charge in [0.15, 0.2) is 0 Å². The first-order valence-electron chi connectivity index (χ1n) is 9.46. The van der Waals surface area contributed by atoms with E-state index >= 15 is 0 Å². The number of hydrogen-bond donors (Lipinski definition) is 0. The van der Waals surface area contributed by atoms with Crippen molar-refractivity contribution in [2.24, 2.45) is 0 Å². The molecule has 7 nitrogen and oxygen atoms in total. The summed E-state index contributed by atoms with van der Waals surface area (Å²) < 4.78 is 29.0. The van der Waals surface area contributed by atoms with Crippen LogP contribution in [-0.4, -0.2) is 35.6 Å². The first-order valence-corrected chi connectivity index (χ1v) is 12.0. The summed E-state index contributed by atoms with van der Waals surface area (Å²) in [4.78, 5) is 31.2. The molecule has 3 aromatic rings. The van der Waals surface area contributed by atoms with Crippen LogP contribution in [0.2, 0.25) is 0 Å². The molecular weight excluding hydrogens is 529 g/mol. The Bertz CT molecular complexity index is 1200. The average Bonchev–Trinajstić information content (AvgIpc) is 3.07. The van der Waals surface area contributed by atoms with Gasteiger partial charge < -0.3 is 0 Å². The van der Waals surface area contributed by atoms with Crippen molar-refractivity contribution in [2.45, 2.75) is 23.9 Å². The van der Waals surface area contributed by atoms with E-state index in [0.29, 0.717) is 11.3 Å². The number of amides is 2. The van der Waals surface area contributed by atoms with Crippen molar-refractivity contribution in [1.82, 2.24) is 9.29 Å². The van der Waals surface area contributed by atoms with E-state index in [0.717, 1.165) is 12.8 Å². The number of imide groups is 1. The van der Waals surface area contributed by atoms with Crippen molar-refractivity contribution in [3.63, 3.8) is 0 Å². The van der Waals surface area contributed by atoms with Gasteiger partial charge in [-0.25, -0.2) is 13.3 Å². The van der Waals surface area contributed by atoms with Crippen LogP contribution >= 0.6 is 22.6 Å². The molecule has 0 bridgehead atoms. The highest BCUT2D eigenvalue weighted by atomic mass is 127. The van der Waals surface area contributed by atoms with Gasteiger partial charge in [0.25, 0.3) is 5.91 Å². The van der Waals surface area contributed by atoms with Gasteiger partial charge in [-0.15, -0.1) is 0 Å². The molecule has 2 amide bonds. The third kappa shape index (κ3) is 4.39. The number of carbonyl (C=O) groups excluding carboxylic acids is 2. The zero-order valence-electron chi connectivity index (χ0n) is 16.3. The summed E-state index contributed by atoms with van der Waals surface area (Å²) in [6.07, 6.45) is 2.91. The molecule has 0 N–H and O–H groups in total. The number of sulfonamides is 1. The Hall–Kier alpha value is -2.63. The highest BCUT2D eigenvalue weighted by Gasteiger charge is 2.46. The lowest BCUT2D eigenvalue weighted by Gasteiger charge is -2.27. The van der Waals surface area contributed by atoms with E-state index in [-0.39, 0.29) is 17.9 Å². The van der Waals surface area contributed by atoms with Crippen LogP contribution in [0, 0.1) is 3.57 Å². The van der Waals surface area contributed by atoms with Gasteiger partial charge in [-0.2, -0.15) is 4.31 Å². The van der Waals surface area contributed by atoms with Gasteiger partial charge >= 0.3 is 0 Å². The molecule has 1 unspecified atom stereocenters. The van der Waals surface area contributed by atoms with E-state index in [2.05, 4.69) is 27.6 Å². The number of anilines is 1.